The van der Waals surface area contributed by atoms with E-state index in [4.69, 9.17) is 0 Å². The van der Waals surface area contributed by atoms with Gasteiger partial charge in [0, 0.05) is 22.9 Å². The molecule has 132 valence electrons. The summed E-state index contributed by atoms with van der Waals surface area (Å²) in [5.41, 5.74) is 3.80. The Morgan fingerprint density at radius 1 is 1.04 bits per heavy atom. The highest BCUT2D eigenvalue weighted by Gasteiger charge is 2.13. The van der Waals surface area contributed by atoms with Crippen molar-refractivity contribution in [1.82, 2.24) is 4.90 Å². The van der Waals surface area contributed by atoms with Gasteiger partial charge in [-0.05, 0) is 49.7 Å². The summed E-state index contributed by atoms with van der Waals surface area (Å²) in [5, 5.41) is 5.86. The number of rotatable bonds is 6. The van der Waals surface area contributed by atoms with Crippen LogP contribution in [0.2, 0.25) is 0 Å². The first-order valence-electron chi connectivity index (χ1n) is 7.95. The minimum absolute atomic E-state index is 0.00769. The largest absolute Gasteiger partial charge is 0.376 e. The number of anilines is 2. The first-order valence-corrected chi connectivity index (χ1v) is 8.75. The van der Waals surface area contributed by atoms with E-state index in [0.717, 1.165) is 27.0 Å². The van der Waals surface area contributed by atoms with E-state index < -0.39 is 0 Å². The number of carbonyl (C=O) groups is 2. The molecule has 0 radical (unpaired) electrons. The Labute approximate surface area is 156 Å². The van der Waals surface area contributed by atoms with E-state index in [1.807, 2.05) is 56.3 Å². The number of halogens is 1. The van der Waals surface area contributed by atoms with Crippen LogP contribution in [0.15, 0.2) is 46.9 Å². The third-order valence-electron chi connectivity index (χ3n) is 3.74. The second-order valence-electron chi connectivity index (χ2n) is 5.98. The van der Waals surface area contributed by atoms with Gasteiger partial charge in [0.1, 0.15) is 0 Å². The molecule has 0 aliphatic carbocycles. The molecule has 0 bridgehead atoms. The summed E-state index contributed by atoms with van der Waals surface area (Å²) >= 11 is 3.44. The lowest BCUT2D eigenvalue weighted by atomic mass is 10.2. The van der Waals surface area contributed by atoms with Crippen molar-refractivity contribution >= 4 is 39.1 Å². The van der Waals surface area contributed by atoms with Crippen molar-refractivity contribution in [2.75, 3.05) is 30.8 Å². The number of carbonyl (C=O) groups excluding carboxylic acids is 2. The molecule has 0 atom stereocenters. The quantitative estimate of drug-likeness (QED) is 0.774. The highest BCUT2D eigenvalue weighted by molar-refractivity contribution is 9.10. The Balaban J connectivity index is 1.81. The Morgan fingerprint density at radius 2 is 1.68 bits per heavy atom. The number of nitrogens with one attached hydrogen (secondary N) is 2. The molecule has 2 amide bonds. The molecule has 2 aromatic rings. The molecule has 0 aromatic heterocycles. The van der Waals surface area contributed by atoms with E-state index in [1.54, 1.807) is 7.05 Å². The molecule has 0 aliphatic heterocycles. The van der Waals surface area contributed by atoms with Crippen LogP contribution in [0.3, 0.4) is 0 Å². The molecule has 0 fully saturated rings. The molecule has 0 spiro atoms. The van der Waals surface area contributed by atoms with Gasteiger partial charge < -0.3 is 15.5 Å². The van der Waals surface area contributed by atoms with Crippen LogP contribution in [0, 0.1) is 13.8 Å². The number of benzene rings is 2. The van der Waals surface area contributed by atoms with E-state index >= 15 is 0 Å². The highest BCUT2D eigenvalue weighted by Crippen LogP contribution is 2.19. The first-order chi connectivity index (χ1) is 11.8. The molecular formula is C19H22BrN3O2. The predicted molar refractivity (Wildman–Crippen MR) is 105 cm³/mol. The van der Waals surface area contributed by atoms with Crippen molar-refractivity contribution < 1.29 is 9.59 Å². The molecule has 25 heavy (non-hydrogen) atoms. The van der Waals surface area contributed by atoms with Crippen LogP contribution in [0.4, 0.5) is 11.4 Å². The standard InChI is InChI=1S/C19H22BrN3O2/c1-13-4-6-15(7-5-13)22-18(24)12-23(3)19(25)11-21-16-8-9-17(20)14(2)10-16/h4-10,21H,11-12H2,1-3H3,(H,22,24). The number of hydrogen-bond donors (Lipinski definition) is 2. The van der Waals surface area contributed by atoms with Gasteiger partial charge in [-0.25, -0.2) is 0 Å². The molecule has 0 heterocycles. The second-order valence-corrected chi connectivity index (χ2v) is 6.84. The fourth-order valence-electron chi connectivity index (χ4n) is 2.21. The van der Waals surface area contributed by atoms with E-state index in [1.165, 1.54) is 4.90 Å². The van der Waals surface area contributed by atoms with Gasteiger partial charge in [0.25, 0.3) is 0 Å². The molecule has 0 saturated heterocycles. The summed E-state index contributed by atoms with van der Waals surface area (Å²) in [4.78, 5) is 25.6. The first kappa shape index (κ1) is 19.0. The van der Waals surface area contributed by atoms with Crippen LogP contribution >= 0.6 is 15.9 Å². The van der Waals surface area contributed by atoms with Crippen molar-refractivity contribution in [3.63, 3.8) is 0 Å². The molecule has 2 rings (SSSR count). The maximum atomic E-state index is 12.2. The Kier molecular flexibility index (Phi) is 6.58. The summed E-state index contributed by atoms with van der Waals surface area (Å²) in [7, 11) is 1.62. The molecule has 5 nitrogen and oxygen atoms in total. The summed E-state index contributed by atoms with van der Waals surface area (Å²) in [6.45, 7) is 4.11. The van der Waals surface area contributed by atoms with Crippen LogP contribution in [-0.4, -0.2) is 36.9 Å². The Hall–Kier alpha value is -2.34. The van der Waals surface area contributed by atoms with Gasteiger partial charge in [0.05, 0.1) is 13.1 Å². The molecule has 6 heteroatoms. The predicted octanol–water partition coefficient (Wildman–Crippen LogP) is 3.57. The van der Waals surface area contributed by atoms with Crippen LogP contribution in [0.1, 0.15) is 11.1 Å². The average molecular weight is 404 g/mol. The molecule has 2 N–H and O–H groups in total. The number of aryl methyl sites for hydroxylation is 2. The normalized spacial score (nSPS) is 10.2. The molecular weight excluding hydrogens is 382 g/mol. The van der Waals surface area contributed by atoms with Crippen LogP contribution in [0.5, 0.6) is 0 Å². The van der Waals surface area contributed by atoms with Gasteiger partial charge in [-0.2, -0.15) is 0 Å². The van der Waals surface area contributed by atoms with Crippen LogP contribution < -0.4 is 10.6 Å². The van der Waals surface area contributed by atoms with Crippen molar-refractivity contribution in [3.8, 4) is 0 Å². The number of nitrogens with zero attached hydrogens (tertiary/aromatic N) is 1. The molecule has 2 aromatic carbocycles. The van der Waals surface area contributed by atoms with E-state index in [-0.39, 0.29) is 24.9 Å². The monoisotopic (exact) mass is 403 g/mol. The fraction of sp³-hybridized carbons (Fsp3) is 0.263. The fourth-order valence-corrected chi connectivity index (χ4v) is 2.45. The van der Waals surface area contributed by atoms with Crippen LogP contribution in [0.25, 0.3) is 0 Å². The van der Waals surface area contributed by atoms with E-state index in [2.05, 4.69) is 26.6 Å². The summed E-state index contributed by atoms with van der Waals surface area (Å²) in [5.74, 6) is -0.376. The second kappa shape index (κ2) is 8.67. The number of amides is 2. The van der Waals surface area contributed by atoms with E-state index in [0.29, 0.717) is 0 Å². The van der Waals surface area contributed by atoms with Crippen molar-refractivity contribution in [2.45, 2.75) is 13.8 Å². The zero-order valence-electron chi connectivity index (χ0n) is 14.6. The van der Waals surface area contributed by atoms with Crippen molar-refractivity contribution in [1.29, 1.82) is 0 Å². The summed E-state index contributed by atoms with van der Waals surface area (Å²) in [6, 6.07) is 13.3. The zero-order valence-corrected chi connectivity index (χ0v) is 16.2. The van der Waals surface area contributed by atoms with Crippen molar-refractivity contribution in [3.05, 3.63) is 58.1 Å². The lowest BCUT2D eigenvalue weighted by molar-refractivity contribution is -0.131. The molecule has 0 unspecified atom stereocenters. The van der Waals surface area contributed by atoms with Crippen LogP contribution in [-0.2, 0) is 9.59 Å². The van der Waals surface area contributed by atoms with Gasteiger partial charge in [0.15, 0.2) is 0 Å². The molecule has 0 aliphatic rings. The van der Waals surface area contributed by atoms with Gasteiger partial charge in [-0.15, -0.1) is 0 Å². The van der Waals surface area contributed by atoms with Gasteiger partial charge in [-0.1, -0.05) is 33.6 Å². The third-order valence-corrected chi connectivity index (χ3v) is 4.63. The minimum Gasteiger partial charge on any atom is -0.376 e. The third kappa shape index (κ3) is 5.90. The van der Waals surface area contributed by atoms with E-state index in [9.17, 15) is 9.59 Å². The zero-order chi connectivity index (χ0) is 18.4. The average Bonchev–Trinajstić information content (AvgIpc) is 2.57. The van der Waals surface area contributed by atoms with Gasteiger partial charge in [-0.3, -0.25) is 9.59 Å². The highest BCUT2D eigenvalue weighted by atomic mass is 79.9. The van der Waals surface area contributed by atoms with Gasteiger partial charge >= 0.3 is 0 Å². The lowest BCUT2D eigenvalue weighted by Crippen LogP contribution is -2.38. The summed E-state index contributed by atoms with van der Waals surface area (Å²) < 4.78 is 1.02. The topological polar surface area (TPSA) is 61.4 Å². The smallest absolute Gasteiger partial charge is 0.243 e. The Morgan fingerprint density at radius 3 is 2.32 bits per heavy atom. The van der Waals surface area contributed by atoms with Gasteiger partial charge in [0.2, 0.25) is 11.8 Å². The SMILES string of the molecule is Cc1ccc(NC(=O)CN(C)C(=O)CNc2ccc(Br)c(C)c2)cc1. The maximum Gasteiger partial charge on any atom is 0.243 e. The van der Waals surface area contributed by atoms with Crippen molar-refractivity contribution in [2.24, 2.45) is 0 Å². The minimum atomic E-state index is -0.223. The Bertz CT molecular complexity index is 760. The number of likely N-dealkylation sites (N-methyl/N-ethyl adjacent to an activating group) is 1. The lowest BCUT2D eigenvalue weighted by Gasteiger charge is -2.18. The maximum absolute atomic E-state index is 12.2. The summed E-state index contributed by atoms with van der Waals surface area (Å²) in [6.07, 6.45) is 0. The number of hydrogen-bond acceptors (Lipinski definition) is 3. The molecule has 0 saturated carbocycles.